The van der Waals surface area contributed by atoms with E-state index in [9.17, 15) is 4.79 Å². The molecule has 0 aliphatic heterocycles. The van der Waals surface area contributed by atoms with E-state index in [1.165, 1.54) is 30.4 Å². The molecule has 4 bridgehead atoms. The van der Waals surface area contributed by atoms with Crippen molar-refractivity contribution in [1.82, 2.24) is 0 Å². The lowest BCUT2D eigenvalue weighted by Crippen LogP contribution is -2.52. The summed E-state index contributed by atoms with van der Waals surface area (Å²) in [7, 11) is 0. The Kier molecular flexibility index (Phi) is 2.35. The van der Waals surface area contributed by atoms with E-state index in [0.717, 1.165) is 18.4 Å². The van der Waals surface area contributed by atoms with Gasteiger partial charge in [0, 0.05) is 11.1 Å². The zero-order valence-corrected chi connectivity index (χ0v) is 12.4. The van der Waals surface area contributed by atoms with Crippen LogP contribution in [0.3, 0.4) is 0 Å². The molecule has 0 aromatic heterocycles. The molecule has 2 fully saturated rings. The minimum absolute atomic E-state index is 0.0238. The van der Waals surface area contributed by atoms with Crippen LogP contribution in [-0.2, 0) is 0 Å². The number of hydrogen-bond donors (Lipinski definition) is 1. The van der Waals surface area contributed by atoms with Gasteiger partial charge in [-0.05, 0) is 73.5 Å². The van der Waals surface area contributed by atoms with Crippen LogP contribution < -0.4 is 5.73 Å². The van der Waals surface area contributed by atoms with Gasteiger partial charge in [0.2, 0.25) is 0 Å². The van der Waals surface area contributed by atoms with E-state index in [1.54, 1.807) is 6.92 Å². The molecule has 1 aromatic rings. The van der Waals surface area contributed by atoms with Crippen molar-refractivity contribution in [3.8, 4) is 0 Å². The van der Waals surface area contributed by atoms with Gasteiger partial charge in [0.1, 0.15) is 0 Å². The highest BCUT2D eigenvalue weighted by Crippen LogP contribution is 2.62. The van der Waals surface area contributed by atoms with E-state index in [2.05, 4.69) is 19.1 Å². The fraction of sp³-hybridized carbons (Fsp3) is 0.611. The first-order valence-electron chi connectivity index (χ1n) is 7.81. The number of rotatable bonds is 1. The SMILES string of the molecule is CC(=O)c1ccc2c(c1)C1CC3(C)CC2CC(N)(C1)C3. The van der Waals surface area contributed by atoms with Crippen LogP contribution in [0.2, 0.25) is 0 Å². The molecule has 0 saturated heterocycles. The maximum Gasteiger partial charge on any atom is 0.159 e. The molecular formula is C18H23NO. The Bertz CT molecular complexity index is 587. The van der Waals surface area contributed by atoms with Crippen molar-refractivity contribution in [3.05, 3.63) is 34.9 Å². The van der Waals surface area contributed by atoms with Gasteiger partial charge in [-0.3, -0.25) is 4.79 Å². The zero-order valence-electron chi connectivity index (χ0n) is 12.4. The Morgan fingerprint density at radius 3 is 2.40 bits per heavy atom. The summed E-state index contributed by atoms with van der Waals surface area (Å²) in [4.78, 5) is 11.7. The predicted octanol–water partition coefficient (Wildman–Crippen LogP) is 3.75. The molecule has 1 aromatic carbocycles. The lowest BCUT2D eigenvalue weighted by molar-refractivity contribution is 0.0544. The largest absolute Gasteiger partial charge is 0.325 e. The third kappa shape index (κ3) is 1.70. The summed E-state index contributed by atoms with van der Waals surface area (Å²) in [5.74, 6) is 1.33. The number of nitrogens with two attached hydrogens (primary N) is 1. The number of carbonyl (C=O) groups is 1. The second-order valence-electron chi connectivity index (χ2n) is 7.96. The summed E-state index contributed by atoms with van der Waals surface area (Å²) >= 11 is 0. The number of carbonyl (C=O) groups excluding carboxylic acids is 1. The first-order valence-corrected chi connectivity index (χ1v) is 7.81. The summed E-state index contributed by atoms with van der Waals surface area (Å²) in [5, 5.41) is 0. The van der Waals surface area contributed by atoms with Gasteiger partial charge in [-0.1, -0.05) is 19.1 Å². The fourth-order valence-electron chi connectivity index (χ4n) is 5.58. The lowest BCUT2D eigenvalue weighted by Gasteiger charge is -2.52. The lowest BCUT2D eigenvalue weighted by atomic mass is 9.56. The molecule has 5 rings (SSSR count). The highest BCUT2D eigenvalue weighted by Gasteiger charge is 2.53. The normalized spacial score (nSPS) is 41.4. The summed E-state index contributed by atoms with van der Waals surface area (Å²) in [6.45, 7) is 4.08. The second-order valence-corrected chi connectivity index (χ2v) is 7.96. The van der Waals surface area contributed by atoms with E-state index in [4.69, 9.17) is 5.73 Å². The molecule has 0 spiro atoms. The molecule has 20 heavy (non-hydrogen) atoms. The maximum atomic E-state index is 11.7. The molecule has 4 aliphatic carbocycles. The van der Waals surface area contributed by atoms with E-state index < -0.39 is 0 Å². The van der Waals surface area contributed by atoms with E-state index in [0.29, 0.717) is 17.3 Å². The molecule has 0 heterocycles. The Morgan fingerprint density at radius 2 is 1.80 bits per heavy atom. The highest BCUT2D eigenvalue weighted by molar-refractivity contribution is 5.94. The number of ketones is 1. The van der Waals surface area contributed by atoms with Crippen molar-refractivity contribution in [1.29, 1.82) is 0 Å². The first kappa shape index (κ1) is 12.6. The molecular weight excluding hydrogens is 246 g/mol. The third-order valence-electron chi connectivity index (χ3n) is 5.94. The van der Waals surface area contributed by atoms with Crippen LogP contribution in [0.25, 0.3) is 0 Å². The Hall–Kier alpha value is -1.15. The van der Waals surface area contributed by atoms with Gasteiger partial charge in [0.25, 0.3) is 0 Å². The Morgan fingerprint density at radius 1 is 1.15 bits per heavy atom. The summed E-state index contributed by atoms with van der Waals surface area (Å²) in [5.41, 5.74) is 10.9. The smallest absolute Gasteiger partial charge is 0.159 e. The second kappa shape index (κ2) is 3.73. The summed E-state index contributed by atoms with van der Waals surface area (Å²) in [6.07, 6.45) is 5.94. The van der Waals surface area contributed by atoms with Crippen LogP contribution in [0.15, 0.2) is 18.2 Å². The third-order valence-corrected chi connectivity index (χ3v) is 5.94. The predicted molar refractivity (Wildman–Crippen MR) is 80.0 cm³/mol. The molecule has 4 unspecified atom stereocenters. The van der Waals surface area contributed by atoms with Gasteiger partial charge in [-0.2, -0.15) is 0 Å². The summed E-state index contributed by atoms with van der Waals surface area (Å²) in [6, 6.07) is 6.39. The standard InChI is InChI=1S/C18H23NO/c1-11(20)12-3-4-15-13-6-17(2)7-14(16(15)5-12)9-18(19,8-13)10-17/h3-5,13-14H,6-10,19H2,1-2H3. The molecule has 2 heteroatoms. The Labute approximate surface area is 120 Å². The van der Waals surface area contributed by atoms with Crippen LogP contribution in [0.1, 0.15) is 79.3 Å². The number of benzene rings is 1. The highest BCUT2D eigenvalue weighted by atomic mass is 16.1. The average Bonchev–Trinajstić information content (AvgIpc) is 2.47. The number of Topliss-reactive ketones (excluding diaryl/α,β-unsaturated/α-hetero) is 1. The van der Waals surface area contributed by atoms with Crippen LogP contribution in [0, 0.1) is 5.41 Å². The van der Waals surface area contributed by atoms with Crippen molar-refractivity contribution in [2.24, 2.45) is 11.1 Å². The van der Waals surface area contributed by atoms with Crippen LogP contribution in [-0.4, -0.2) is 11.3 Å². The van der Waals surface area contributed by atoms with Crippen LogP contribution >= 0.6 is 0 Å². The van der Waals surface area contributed by atoms with Gasteiger partial charge in [0.15, 0.2) is 5.78 Å². The van der Waals surface area contributed by atoms with Gasteiger partial charge >= 0.3 is 0 Å². The van der Waals surface area contributed by atoms with E-state index in [1.807, 2.05) is 6.07 Å². The van der Waals surface area contributed by atoms with Crippen molar-refractivity contribution in [2.75, 3.05) is 0 Å². The average molecular weight is 269 g/mol. The first-order chi connectivity index (χ1) is 9.38. The van der Waals surface area contributed by atoms with Crippen LogP contribution in [0.4, 0.5) is 0 Å². The van der Waals surface area contributed by atoms with E-state index in [-0.39, 0.29) is 11.3 Å². The monoisotopic (exact) mass is 269 g/mol. The fourth-order valence-corrected chi connectivity index (χ4v) is 5.58. The van der Waals surface area contributed by atoms with Crippen molar-refractivity contribution in [2.45, 2.75) is 63.3 Å². The quantitative estimate of drug-likeness (QED) is 0.789. The Balaban J connectivity index is 1.89. The maximum absolute atomic E-state index is 11.7. The molecule has 4 aliphatic rings. The molecule has 0 amide bonds. The van der Waals surface area contributed by atoms with Gasteiger partial charge in [-0.25, -0.2) is 0 Å². The minimum Gasteiger partial charge on any atom is -0.325 e. The zero-order chi connectivity index (χ0) is 14.1. The van der Waals surface area contributed by atoms with Crippen molar-refractivity contribution in [3.63, 3.8) is 0 Å². The molecule has 4 atom stereocenters. The molecule has 2 nitrogen and oxygen atoms in total. The van der Waals surface area contributed by atoms with Gasteiger partial charge in [0.05, 0.1) is 0 Å². The molecule has 0 radical (unpaired) electrons. The van der Waals surface area contributed by atoms with E-state index >= 15 is 0 Å². The molecule has 2 saturated carbocycles. The van der Waals surface area contributed by atoms with Crippen molar-refractivity contribution < 1.29 is 4.79 Å². The minimum atomic E-state index is 0.0238. The van der Waals surface area contributed by atoms with Crippen LogP contribution in [0.5, 0.6) is 0 Å². The van der Waals surface area contributed by atoms with Crippen molar-refractivity contribution >= 4 is 5.78 Å². The number of hydrogen-bond acceptors (Lipinski definition) is 2. The van der Waals surface area contributed by atoms with Gasteiger partial charge < -0.3 is 5.73 Å². The van der Waals surface area contributed by atoms with Gasteiger partial charge in [-0.15, -0.1) is 0 Å². The topological polar surface area (TPSA) is 43.1 Å². The molecule has 106 valence electrons. The molecule has 2 N–H and O–H groups in total. The summed E-state index contributed by atoms with van der Waals surface area (Å²) < 4.78 is 0.